The second-order valence-electron chi connectivity index (χ2n) is 5.07. The predicted octanol–water partition coefficient (Wildman–Crippen LogP) is 5.02. The van der Waals surface area contributed by atoms with Crippen LogP contribution < -0.4 is 0 Å². The lowest BCUT2D eigenvalue weighted by Crippen LogP contribution is -2.08. The van der Waals surface area contributed by atoms with Crippen LogP contribution in [0.4, 0.5) is 0 Å². The third-order valence-electron chi connectivity index (χ3n) is 3.38. The van der Waals surface area contributed by atoms with Crippen molar-refractivity contribution < 1.29 is 9.53 Å². The molecule has 2 rings (SSSR count). The van der Waals surface area contributed by atoms with Crippen molar-refractivity contribution in [3.05, 3.63) is 41.2 Å². The van der Waals surface area contributed by atoms with E-state index in [1.54, 1.807) is 6.07 Å². The fourth-order valence-corrected chi connectivity index (χ4v) is 2.47. The molecule has 0 unspecified atom stereocenters. The van der Waals surface area contributed by atoms with Gasteiger partial charge in [-0.3, -0.25) is 0 Å². The van der Waals surface area contributed by atoms with Crippen LogP contribution in [0.15, 0.2) is 30.3 Å². The highest BCUT2D eigenvalue weighted by molar-refractivity contribution is 6.34. The van der Waals surface area contributed by atoms with Gasteiger partial charge in [0.2, 0.25) is 0 Å². The number of pyridine rings is 1. The molecule has 0 bridgehead atoms. The fraction of sp³-hybridized carbons (Fsp3) is 0.412. The van der Waals surface area contributed by atoms with Crippen LogP contribution in [0.1, 0.15) is 49.5 Å². The minimum Gasteiger partial charge on any atom is -0.461 e. The minimum absolute atomic E-state index is 0.271. The first-order valence-corrected chi connectivity index (χ1v) is 7.82. The van der Waals surface area contributed by atoms with E-state index in [0.29, 0.717) is 11.8 Å². The molecule has 21 heavy (non-hydrogen) atoms. The van der Waals surface area contributed by atoms with Gasteiger partial charge in [-0.1, -0.05) is 68.5 Å². The molecule has 1 aromatic heterocycles. The Morgan fingerprint density at radius 1 is 1.19 bits per heavy atom. The van der Waals surface area contributed by atoms with Gasteiger partial charge in [-0.05, 0) is 17.9 Å². The monoisotopic (exact) mass is 305 g/mol. The molecule has 0 fully saturated rings. The van der Waals surface area contributed by atoms with Crippen molar-refractivity contribution in [1.29, 1.82) is 0 Å². The maximum Gasteiger partial charge on any atom is 0.357 e. The quantitative estimate of drug-likeness (QED) is 0.410. The molecular weight excluding hydrogens is 286 g/mol. The van der Waals surface area contributed by atoms with Gasteiger partial charge in [-0.15, -0.1) is 0 Å². The Morgan fingerprint density at radius 2 is 1.95 bits per heavy atom. The molecule has 0 amide bonds. The first-order valence-electron chi connectivity index (χ1n) is 7.44. The number of hydrogen-bond donors (Lipinski definition) is 0. The summed E-state index contributed by atoms with van der Waals surface area (Å²) in [5, 5.41) is 2.07. The van der Waals surface area contributed by atoms with E-state index in [4.69, 9.17) is 16.3 Å². The van der Waals surface area contributed by atoms with Gasteiger partial charge < -0.3 is 4.74 Å². The van der Waals surface area contributed by atoms with Crippen LogP contribution in [-0.2, 0) is 4.74 Å². The summed E-state index contributed by atoms with van der Waals surface area (Å²) < 4.78 is 5.25. The molecule has 1 heterocycles. The first kappa shape index (κ1) is 15.8. The zero-order chi connectivity index (χ0) is 15.1. The summed E-state index contributed by atoms with van der Waals surface area (Å²) in [5.41, 5.74) is 0.271. The second kappa shape index (κ2) is 7.99. The summed E-state index contributed by atoms with van der Waals surface area (Å²) in [6.07, 6.45) is 5.61. The van der Waals surface area contributed by atoms with Crippen LogP contribution in [-0.4, -0.2) is 17.6 Å². The number of rotatable bonds is 7. The highest BCUT2D eigenvalue weighted by Crippen LogP contribution is 2.22. The standard InChI is InChI=1S/C17H20ClNO2/c1-2-3-4-5-8-11-21-17(20)15-12-13-9-6-7-10-14(13)16(18)19-15/h6-7,9-10,12H,2-5,8,11H2,1H3. The lowest BCUT2D eigenvalue weighted by molar-refractivity contribution is 0.0491. The number of halogens is 1. The molecule has 0 aliphatic carbocycles. The number of esters is 1. The molecule has 4 heteroatoms. The molecule has 0 aliphatic heterocycles. The summed E-state index contributed by atoms with van der Waals surface area (Å²) in [5.74, 6) is -0.404. The molecule has 3 nitrogen and oxygen atoms in total. The summed E-state index contributed by atoms with van der Waals surface area (Å²) in [6, 6.07) is 9.31. The van der Waals surface area contributed by atoms with Crippen LogP contribution in [0.3, 0.4) is 0 Å². The Labute approximate surface area is 130 Å². The summed E-state index contributed by atoms with van der Waals surface area (Å²) in [4.78, 5) is 16.1. The number of ether oxygens (including phenoxy) is 1. The van der Waals surface area contributed by atoms with Gasteiger partial charge in [-0.25, -0.2) is 9.78 Å². The van der Waals surface area contributed by atoms with Crippen molar-refractivity contribution in [2.45, 2.75) is 39.0 Å². The predicted molar refractivity (Wildman–Crippen MR) is 85.8 cm³/mol. The van der Waals surface area contributed by atoms with Crippen molar-refractivity contribution in [1.82, 2.24) is 4.98 Å². The van der Waals surface area contributed by atoms with Crippen LogP contribution >= 0.6 is 11.6 Å². The average Bonchev–Trinajstić information content (AvgIpc) is 2.50. The van der Waals surface area contributed by atoms with E-state index in [-0.39, 0.29) is 5.69 Å². The zero-order valence-corrected chi connectivity index (χ0v) is 13.0. The molecule has 1 aromatic carbocycles. The molecule has 0 atom stereocenters. The third kappa shape index (κ3) is 4.43. The van der Waals surface area contributed by atoms with Crippen LogP contribution in [0.25, 0.3) is 10.8 Å². The van der Waals surface area contributed by atoms with Gasteiger partial charge in [0.15, 0.2) is 5.69 Å². The SMILES string of the molecule is CCCCCCCOC(=O)c1cc2ccccc2c(Cl)n1. The molecule has 0 saturated carbocycles. The van der Waals surface area contributed by atoms with Crippen molar-refractivity contribution in [2.75, 3.05) is 6.61 Å². The minimum atomic E-state index is -0.404. The zero-order valence-electron chi connectivity index (χ0n) is 12.3. The fourth-order valence-electron chi connectivity index (χ4n) is 2.21. The summed E-state index contributed by atoms with van der Waals surface area (Å²) in [7, 11) is 0. The molecule has 112 valence electrons. The van der Waals surface area contributed by atoms with Crippen molar-refractivity contribution in [3.63, 3.8) is 0 Å². The number of carbonyl (C=O) groups is 1. The molecule has 0 aliphatic rings. The third-order valence-corrected chi connectivity index (χ3v) is 3.67. The van der Waals surface area contributed by atoms with Gasteiger partial charge in [0.05, 0.1) is 6.61 Å². The van der Waals surface area contributed by atoms with E-state index in [1.165, 1.54) is 19.3 Å². The number of aromatic nitrogens is 1. The van der Waals surface area contributed by atoms with Gasteiger partial charge in [0, 0.05) is 5.39 Å². The van der Waals surface area contributed by atoms with E-state index >= 15 is 0 Å². The van der Waals surface area contributed by atoms with E-state index in [2.05, 4.69) is 11.9 Å². The normalized spacial score (nSPS) is 10.8. The largest absolute Gasteiger partial charge is 0.461 e. The lowest BCUT2D eigenvalue weighted by Gasteiger charge is -2.06. The van der Waals surface area contributed by atoms with Crippen LogP contribution in [0, 0.1) is 0 Å². The number of carbonyl (C=O) groups excluding carboxylic acids is 1. The average molecular weight is 306 g/mol. The molecule has 0 saturated heterocycles. The highest BCUT2D eigenvalue weighted by Gasteiger charge is 2.12. The Morgan fingerprint density at radius 3 is 2.76 bits per heavy atom. The molecule has 2 aromatic rings. The second-order valence-corrected chi connectivity index (χ2v) is 5.43. The number of unbranched alkanes of at least 4 members (excludes halogenated alkanes) is 4. The Hall–Kier alpha value is -1.61. The van der Waals surface area contributed by atoms with Gasteiger partial charge in [-0.2, -0.15) is 0 Å². The molecular formula is C17H20ClNO2. The smallest absolute Gasteiger partial charge is 0.357 e. The van der Waals surface area contributed by atoms with Gasteiger partial charge >= 0.3 is 5.97 Å². The first-order chi connectivity index (χ1) is 10.2. The van der Waals surface area contributed by atoms with E-state index in [0.717, 1.165) is 23.6 Å². The highest BCUT2D eigenvalue weighted by atomic mass is 35.5. The Balaban J connectivity index is 1.93. The van der Waals surface area contributed by atoms with E-state index in [1.807, 2.05) is 24.3 Å². The van der Waals surface area contributed by atoms with Crippen molar-refractivity contribution in [2.24, 2.45) is 0 Å². The topological polar surface area (TPSA) is 39.2 Å². The Kier molecular flexibility index (Phi) is 6.00. The van der Waals surface area contributed by atoms with Crippen molar-refractivity contribution >= 4 is 28.3 Å². The number of fused-ring (bicyclic) bond motifs is 1. The van der Waals surface area contributed by atoms with Crippen molar-refractivity contribution in [3.8, 4) is 0 Å². The number of hydrogen-bond acceptors (Lipinski definition) is 3. The maximum absolute atomic E-state index is 12.0. The number of nitrogens with zero attached hydrogens (tertiary/aromatic N) is 1. The van der Waals surface area contributed by atoms with E-state index in [9.17, 15) is 4.79 Å². The van der Waals surface area contributed by atoms with Gasteiger partial charge in [0.1, 0.15) is 5.15 Å². The van der Waals surface area contributed by atoms with Gasteiger partial charge in [0.25, 0.3) is 0 Å². The Bertz CT molecular complexity index is 613. The summed E-state index contributed by atoms with van der Waals surface area (Å²) in [6.45, 7) is 2.61. The maximum atomic E-state index is 12.0. The van der Waals surface area contributed by atoms with E-state index < -0.39 is 5.97 Å². The molecule has 0 N–H and O–H groups in total. The van der Waals surface area contributed by atoms with Crippen LogP contribution in [0.5, 0.6) is 0 Å². The van der Waals surface area contributed by atoms with Crippen LogP contribution in [0.2, 0.25) is 5.15 Å². The molecule has 0 spiro atoms. The number of benzene rings is 1. The lowest BCUT2D eigenvalue weighted by atomic mass is 10.1. The molecule has 0 radical (unpaired) electrons. The summed E-state index contributed by atoms with van der Waals surface area (Å²) >= 11 is 6.11.